The summed E-state index contributed by atoms with van der Waals surface area (Å²) in [4.78, 5) is 15.8. The number of rotatable bonds is 3. The number of fused-ring (bicyclic) bond motifs is 1. The Morgan fingerprint density at radius 3 is 2.50 bits per heavy atom. The number of sulfone groups is 1. The topological polar surface area (TPSA) is 83.7 Å². The molecule has 0 aliphatic carbocycles. The van der Waals surface area contributed by atoms with Gasteiger partial charge in [0.05, 0.1) is 24.1 Å². The zero-order valence-electron chi connectivity index (χ0n) is 12.4. The van der Waals surface area contributed by atoms with Crippen molar-refractivity contribution in [2.75, 3.05) is 31.1 Å². The lowest BCUT2D eigenvalue weighted by Gasteiger charge is -2.43. The summed E-state index contributed by atoms with van der Waals surface area (Å²) in [5.74, 6) is 0.0135. The van der Waals surface area contributed by atoms with Gasteiger partial charge in [0.15, 0.2) is 9.84 Å². The third-order valence-corrected chi connectivity index (χ3v) is 6.21. The Morgan fingerprint density at radius 2 is 1.82 bits per heavy atom. The van der Waals surface area contributed by atoms with E-state index in [-0.39, 0.29) is 36.0 Å². The average Bonchev–Trinajstić information content (AvgIpc) is 2.83. The van der Waals surface area contributed by atoms with Gasteiger partial charge >= 0.3 is 0 Å². The standard InChI is InChI=1S/C15H21N3O3S/c16-8-15(19)18-7-6-17(9-12-4-2-1-3-5-12)13-10-22(20,21)11-14(13)18/h1-5,13-14H,6-11,16H2/t13-,14+/m1/s1. The lowest BCUT2D eigenvalue weighted by molar-refractivity contribution is -0.135. The second kappa shape index (κ2) is 5.98. The van der Waals surface area contributed by atoms with Crippen molar-refractivity contribution in [3.05, 3.63) is 35.9 Å². The van der Waals surface area contributed by atoms with Gasteiger partial charge in [-0.3, -0.25) is 9.69 Å². The van der Waals surface area contributed by atoms with E-state index in [1.54, 1.807) is 4.90 Å². The maximum Gasteiger partial charge on any atom is 0.236 e. The average molecular weight is 323 g/mol. The van der Waals surface area contributed by atoms with Crippen LogP contribution in [0.25, 0.3) is 0 Å². The molecule has 0 spiro atoms. The first-order chi connectivity index (χ1) is 10.5. The molecule has 0 aromatic heterocycles. The van der Waals surface area contributed by atoms with Crippen molar-refractivity contribution in [3.8, 4) is 0 Å². The first kappa shape index (κ1) is 15.5. The smallest absolute Gasteiger partial charge is 0.236 e. The fourth-order valence-electron chi connectivity index (χ4n) is 3.47. The summed E-state index contributed by atoms with van der Waals surface area (Å²) in [6.45, 7) is 1.86. The van der Waals surface area contributed by atoms with Crippen LogP contribution < -0.4 is 5.73 Å². The van der Waals surface area contributed by atoms with Crippen molar-refractivity contribution in [1.29, 1.82) is 0 Å². The van der Waals surface area contributed by atoms with E-state index in [4.69, 9.17) is 5.73 Å². The van der Waals surface area contributed by atoms with Crippen LogP contribution in [0.15, 0.2) is 30.3 Å². The predicted octanol–water partition coefficient (Wildman–Crippen LogP) is -0.545. The van der Waals surface area contributed by atoms with Gasteiger partial charge in [0.1, 0.15) is 0 Å². The highest BCUT2D eigenvalue weighted by atomic mass is 32.2. The zero-order chi connectivity index (χ0) is 15.7. The largest absolute Gasteiger partial charge is 0.335 e. The number of amides is 1. The van der Waals surface area contributed by atoms with Crippen LogP contribution in [0.2, 0.25) is 0 Å². The van der Waals surface area contributed by atoms with Crippen molar-refractivity contribution >= 4 is 15.7 Å². The van der Waals surface area contributed by atoms with Crippen LogP contribution in [-0.4, -0.2) is 67.3 Å². The van der Waals surface area contributed by atoms with Crippen LogP contribution in [-0.2, 0) is 21.2 Å². The quantitative estimate of drug-likeness (QED) is 0.807. The summed E-state index contributed by atoms with van der Waals surface area (Å²) in [6, 6.07) is 9.60. The van der Waals surface area contributed by atoms with E-state index in [0.717, 1.165) is 5.56 Å². The third kappa shape index (κ3) is 3.02. The number of piperazine rings is 1. The molecule has 3 rings (SSSR count). The molecule has 0 unspecified atom stereocenters. The van der Waals surface area contributed by atoms with Crippen molar-refractivity contribution in [2.45, 2.75) is 18.6 Å². The van der Waals surface area contributed by atoms with Gasteiger partial charge in [-0.1, -0.05) is 30.3 Å². The Morgan fingerprint density at radius 1 is 1.14 bits per heavy atom. The van der Waals surface area contributed by atoms with Crippen LogP contribution in [0.1, 0.15) is 5.56 Å². The first-order valence-corrected chi connectivity index (χ1v) is 9.30. The molecule has 22 heavy (non-hydrogen) atoms. The Bertz CT molecular complexity index is 647. The lowest BCUT2D eigenvalue weighted by atomic mass is 10.0. The molecule has 2 aliphatic rings. The van der Waals surface area contributed by atoms with Crippen molar-refractivity contribution < 1.29 is 13.2 Å². The summed E-state index contributed by atoms with van der Waals surface area (Å²) < 4.78 is 24.1. The summed E-state index contributed by atoms with van der Waals surface area (Å²) >= 11 is 0. The van der Waals surface area contributed by atoms with Gasteiger partial charge in [0.25, 0.3) is 0 Å². The van der Waals surface area contributed by atoms with Crippen LogP contribution in [0.3, 0.4) is 0 Å². The number of carbonyl (C=O) groups excluding carboxylic acids is 1. The molecule has 2 aliphatic heterocycles. The number of hydrogen-bond donors (Lipinski definition) is 1. The molecule has 1 aromatic carbocycles. The van der Waals surface area contributed by atoms with Crippen LogP contribution in [0, 0.1) is 0 Å². The van der Waals surface area contributed by atoms with E-state index >= 15 is 0 Å². The SMILES string of the molecule is NCC(=O)N1CCN(Cc2ccccc2)[C@@H]2CS(=O)(=O)C[C@@H]21. The fourth-order valence-corrected chi connectivity index (χ4v) is 5.48. The van der Waals surface area contributed by atoms with E-state index in [1.165, 1.54) is 0 Å². The minimum atomic E-state index is -3.11. The minimum absolute atomic E-state index is 0.0503. The molecule has 1 aromatic rings. The third-order valence-electron chi connectivity index (χ3n) is 4.51. The van der Waals surface area contributed by atoms with Crippen molar-refractivity contribution in [3.63, 3.8) is 0 Å². The Labute approximate surface area is 130 Å². The number of nitrogens with zero attached hydrogens (tertiary/aromatic N) is 2. The fraction of sp³-hybridized carbons (Fsp3) is 0.533. The van der Waals surface area contributed by atoms with Crippen molar-refractivity contribution in [2.24, 2.45) is 5.73 Å². The van der Waals surface area contributed by atoms with E-state index < -0.39 is 9.84 Å². The maximum atomic E-state index is 12.1. The monoisotopic (exact) mass is 323 g/mol. The summed E-state index contributed by atoms with van der Waals surface area (Å²) in [5.41, 5.74) is 6.61. The number of nitrogens with two attached hydrogens (primary N) is 1. The van der Waals surface area contributed by atoms with Crippen molar-refractivity contribution in [1.82, 2.24) is 9.80 Å². The van der Waals surface area contributed by atoms with Gasteiger partial charge in [-0.05, 0) is 5.56 Å². The van der Waals surface area contributed by atoms with Gasteiger partial charge in [-0.25, -0.2) is 8.42 Å². The van der Waals surface area contributed by atoms with Crippen LogP contribution >= 0.6 is 0 Å². The highest BCUT2D eigenvalue weighted by Crippen LogP contribution is 2.28. The summed E-state index contributed by atoms with van der Waals surface area (Å²) in [5, 5.41) is 0. The van der Waals surface area contributed by atoms with Gasteiger partial charge in [-0.15, -0.1) is 0 Å². The normalized spacial score (nSPS) is 27.6. The predicted molar refractivity (Wildman–Crippen MR) is 83.8 cm³/mol. The highest BCUT2D eigenvalue weighted by Gasteiger charge is 2.47. The molecule has 2 saturated heterocycles. The Hall–Kier alpha value is -1.44. The molecular weight excluding hydrogens is 302 g/mol. The number of hydrogen-bond acceptors (Lipinski definition) is 5. The molecule has 2 heterocycles. The van der Waals surface area contributed by atoms with E-state index in [9.17, 15) is 13.2 Å². The Balaban J connectivity index is 1.82. The maximum absolute atomic E-state index is 12.1. The molecule has 0 bridgehead atoms. The van der Waals surface area contributed by atoms with E-state index in [2.05, 4.69) is 4.90 Å². The second-order valence-corrected chi connectivity index (χ2v) is 8.11. The lowest BCUT2D eigenvalue weighted by Crippen LogP contribution is -2.61. The first-order valence-electron chi connectivity index (χ1n) is 7.48. The van der Waals surface area contributed by atoms with Gasteiger partial charge in [0, 0.05) is 25.7 Å². The van der Waals surface area contributed by atoms with Gasteiger partial charge in [0.2, 0.25) is 5.91 Å². The molecule has 6 nitrogen and oxygen atoms in total. The Kier molecular flexibility index (Phi) is 4.20. The van der Waals surface area contributed by atoms with Gasteiger partial charge in [-0.2, -0.15) is 0 Å². The molecule has 2 N–H and O–H groups in total. The number of carbonyl (C=O) groups is 1. The molecule has 0 saturated carbocycles. The zero-order valence-corrected chi connectivity index (χ0v) is 13.2. The summed E-state index contributed by atoms with van der Waals surface area (Å²) in [7, 11) is -3.11. The highest BCUT2D eigenvalue weighted by molar-refractivity contribution is 7.91. The van der Waals surface area contributed by atoms with Gasteiger partial charge < -0.3 is 10.6 Å². The van der Waals surface area contributed by atoms with Crippen LogP contribution in [0.4, 0.5) is 0 Å². The molecule has 120 valence electrons. The molecule has 1 amide bonds. The molecular formula is C15H21N3O3S. The molecule has 2 atom stereocenters. The molecule has 7 heteroatoms. The van der Waals surface area contributed by atoms with E-state index in [1.807, 2.05) is 30.3 Å². The number of benzene rings is 1. The second-order valence-electron chi connectivity index (χ2n) is 5.96. The minimum Gasteiger partial charge on any atom is -0.335 e. The molecule has 2 fully saturated rings. The van der Waals surface area contributed by atoms with Crippen LogP contribution in [0.5, 0.6) is 0 Å². The molecule has 0 radical (unpaired) electrons. The summed E-state index contributed by atoms with van der Waals surface area (Å²) in [6.07, 6.45) is 0. The van der Waals surface area contributed by atoms with E-state index in [0.29, 0.717) is 19.6 Å².